The number of allylic oxidation sites excluding steroid dienone is 2. The Labute approximate surface area is 139 Å². The first-order chi connectivity index (χ1) is 10.8. The van der Waals surface area contributed by atoms with Crippen LogP contribution in [0.1, 0.15) is 88.5 Å². The van der Waals surface area contributed by atoms with E-state index in [0.29, 0.717) is 0 Å². The van der Waals surface area contributed by atoms with E-state index in [9.17, 15) is 0 Å². The van der Waals surface area contributed by atoms with Crippen molar-refractivity contribution >= 4 is 0 Å². The van der Waals surface area contributed by atoms with Crippen molar-refractivity contribution in [2.45, 2.75) is 91.9 Å². The van der Waals surface area contributed by atoms with E-state index in [1.807, 2.05) is 0 Å². The Morgan fingerprint density at radius 3 is 1.77 bits per heavy atom. The molecule has 0 heterocycles. The van der Waals surface area contributed by atoms with Crippen LogP contribution < -0.4 is 0 Å². The molecule has 0 aromatic heterocycles. The van der Waals surface area contributed by atoms with Crippen molar-refractivity contribution in [2.75, 3.05) is 0 Å². The van der Waals surface area contributed by atoms with E-state index in [1.165, 1.54) is 57.8 Å². The third kappa shape index (κ3) is 5.99. The van der Waals surface area contributed by atoms with Gasteiger partial charge in [-0.1, -0.05) is 64.3 Å². The highest BCUT2D eigenvalue weighted by atomic mass is 14.2. The quantitative estimate of drug-likeness (QED) is 0.393. The van der Waals surface area contributed by atoms with Gasteiger partial charge >= 0.3 is 0 Å². The molecule has 0 spiro atoms. The second kappa shape index (κ2) is 11.5. The average molecular weight is 301 g/mol. The fraction of sp³-hybridized carbons (Fsp3) is 0.636. The smallest absolute Gasteiger partial charge is 0.00947 e. The summed E-state index contributed by atoms with van der Waals surface area (Å²) in [5, 5.41) is 0. The predicted octanol–water partition coefficient (Wildman–Crippen LogP) is 6.83. The lowest BCUT2D eigenvalue weighted by Crippen LogP contribution is -2.05. The number of unbranched alkanes of at least 4 members (excludes halogenated alkanes) is 3. The van der Waals surface area contributed by atoms with Crippen LogP contribution in [0, 0.1) is 0 Å². The zero-order valence-corrected chi connectivity index (χ0v) is 15.4. The molecule has 0 unspecified atom stereocenters. The molecule has 1 rings (SSSR count). The Balaban J connectivity index is 3.16. The molecule has 1 aromatic carbocycles. The second-order valence-corrected chi connectivity index (χ2v) is 6.42. The summed E-state index contributed by atoms with van der Waals surface area (Å²) in [6.07, 6.45) is 17.2. The van der Waals surface area contributed by atoms with Crippen molar-refractivity contribution in [2.24, 2.45) is 0 Å². The molecule has 0 radical (unpaired) electrons. The van der Waals surface area contributed by atoms with Crippen molar-refractivity contribution in [3.8, 4) is 0 Å². The van der Waals surface area contributed by atoms with Crippen LogP contribution in [0.3, 0.4) is 0 Å². The molecule has 0 bridgehead atoms. The Hall–Kier alpha value is -1.04. The van der Waals surface area contributed by atoms with E-state index < -0.39 is 0 Å². The van der Waals surface area contributed by atoms with E-state index in [1.54, 1.807) is 22.3 Å². The van der Waals surface area contributed by atoms with Gasteiger partial charge in [0.2, 0.25) is 0 Å². The monoisotopic (exact) mass is 300 g/mol. The lowest BCUT2D eigenvalue weighted by Gasteiger charge is -2.19. The molecule has 0 heteroatoms. The number of benzene rings is 1. The highest BCUT2D eigenvalue weighted by Gasteiger charge is 2.12. The molecule has 0 aliphatic heterocycles. The van der Waals surface area contributed by atoms with Crippen molar-refractivity contribution in [1.29, 1.82) is 0 Å². The zero-order chi connectivity index (χ0) is 16.2. The van der Waals surface area contributed by atoms with Crippen LogP contribution in [0.5, 0.6) is 0 Å². The minimum absolute atomic E-state index is 1.10. The predicted molar refractivity (Wildman–Crippen MR) is 101 cm³/mol. The molecule has 0 N–H and O–H groups in total. The summed E-state index contributed by atoms with van der Waals surface area (Å²) in [6.45, 7) is 9.03. The summed E-state index contributed by atoms with van der Waals surface area (Å²) in [5.41, 5.74) is 6.58. The normalized spacial score (nSPS) is 11.5. The van der Waals surface area contributed by atoms with Gasteiger partial charge in [-0.2, -0.15) is 0 Å². The summed E-state index contributed by atoms with van der Waals surface area (Å²) >= 11 is 0. The minimum Gasteiger partial charge on any atom is -0.0913 e. The van der Waals surface area contributed by atoms with Gasteiger partial charge in [0, 0.05) is 0 Å². The van der Waals surface area contributed by atoms with E-state index in [4.69, 9.17) is 0 Å². The van der Waals surface area contributed by atoms with E-state index in [0.717, 1.165) is 6.42 Å². The van der Waals surface area contributed by atoms with Gasteiger partial charge in [0.05, 0.1) is 0 Å². The maximum absolute atomic E-state index is 2.43. The molecule has 0 aliphatic carbocycles. The minimum atomic E-state index is 1.10. The van der Waals surface area contributed by atoms with Crippen LogP contribution in [0.15, 0.2) is 24.3 Å². The number of rotatable bonds is 11. The van der Waals surface area contributed by atoms with Gasteiger partial charge in [0.1, 0.15) is 0 Å². The van der Waals surface area contributed by atoms with E-state index in [2.05, 4.69) is 52.0 Å². The molecule has 0 aliphatic rings. The fourth-order valence-corrected chi connectivity index (χ4v) is 3.16. The Morgan fingerprint density at radius 1 is 0.727 bits per heavy atom. The van der Waals surface area contributed by atoms with Crippen molar-refractivity contribution in [3.63, 3.8) is 0 Å². The summed E-state index contributed by atoms with van der Waals surface area (Å²) < 4.78 is 0. The molecule has 0 fully saturated rings. The number of hydrogen-bond donors (Lipinski definition) is 0. The van der Waals surface area contributed by atoms with Gasteiger partial charge in [-0.05, 0) is 74.1 Å². The Morgan fingerprint density at radius 2 is 1.23 bits per heavy atom. The molecule has 22 heavy (non-hydrogen) atoms. The SMILES string of the molecule is CC=CCc1ccc(CCCC)c(CCCC)c1CCCC. The summed E-state index contributed by atoms with van der Waals surface area (Å²) in [7, 11) is 0. The number of aryl methyl sites for hydroxylation is 1. The van der Waals surface area contributed by atoms with Gasteiger partial charge in [0.25, 0.3) is 0 Å². The lowest BCUT2D eigenvalue weighted by molar-refractivity contribution is 0.730. The third-order valence-corrected chi connectivity index (χ3v) is 4.56. The largest absolute Gasteiger partial charge is 0.0913 e. The summed E-state index contributed by atoms with van der Waals surface area (Å²) in [4.78, 5) is 0. The number of hydrogen-bond acceptors (Lipinski definition) is 0. The molecule has 0 atom stereocenters. The van der Waals surface area contributed by atoms with Gasteiger partial charge in [0.15, 0.2) is 0 Å². The molecular formula is C22H36. The summed E-state index contributed by atoms with van der Waals surface area (Å²) in [6, 6.07) is 4.83. The molecule has 124 valence electrons. The van der Waals surface area contributed by atoms with Crippen LogP contribution in [0.25, 0.3) is 0 Å². The Bertz CT molecular complexity index is 440. The maximum Gasteiger partial charge on any atom is -0.00947 e. The zero-order valence-electron chi connectivity index (χ0n) is 15.4. The van der Waals surface area contributed by atoms with Crippen molar-refractivity contribution < 1.29 is 0 Å². The molecule has 1 aromatic rings. The summed E-state index contributed by atoms with van der Waals surface area (Å²) in [5.74, 6) is 0. The third-order valence-electron chi connectivity index (χ3n) is 4.56. The van der Waals surface area contributed by atoms with Crippen molar-refractivity contribution in [3.05, 3.63) is 46.5 Å². The van der Waals surface area contributed by atoms with Gasteiger partial charge in [-0.25, -0.2) is 0 Å². The molecule has 0 nitrogen and oxygen atoms in total. The van der Waals surface area contributed by atoms with Gasteiger partial charge < -0.3 is 0 Å². The highest BCUT2D eigenvalue weighted by Crippen LogP contribution is 2.26. The maximum atomic E-state index is 2.43. The molecule has 0 saturated heterocycles. The standard InChI is InChI=1S/C22H36/c1-5-9-13-19-17-18-20(14-10-6-2)22(16-12-8-4)21(19)15-11-7-3/h5,9,17-18H,6-8,10-16H2,1-4H3. The first-order valence-electron chi connectivity index (χ1n) is 9.52. The van der Waals surface area contributed by atoms with Crippen LogP contribution in [0.4, 0.5) is 0 Å². The van der Waals surface area contributed by atoms with Gasteiger partial charge in [-0.3, -0.25) is 0 Å². The lowest BCUT2D eigenvalue weighted by atomic mass is 9.87. The van der Waals surface area contributed by atoms with Crippen LogP contribution in [-0.2, 0) is 25.7 Å². The van der Waals surface area contributed by atoms with Crippen LogP contribution in [0.2, 0.25) is 0 Å². The Kier molecular flexibility index (Phi) is 9.95. The average Bonchev–Trinajstić information content (AvgIpc) is 2.55. The fourth-order valence-electron chi connectivity index (χ4n) is 3.16. The molecule has 0 amide bonds. The van der Waals surface area contributed by atoms with Crippen molar-refractivity contribution in [1.82, 2.24) is 0 Å². The van der Waals surface area contributed by atoms with E-state index in [-0.39, 0.29) is 0 Å². The second-order valence-electron chi connectivity index (χ2n) is 6.42. The van der Waals surface area contributed by atoms with Crippen LogP contribution in [-0.4, -0.2) is 0 Å². The highest BCUT2D eigenvalue weighted by molar-refractivity contribution is 5.42. The van der Waals surface area contributed by atoms with Crippen LogP contribution >= 0.6 is 0 Å². The first kappa shape index (κ1) is 19.0. The van der Waals surface area contributed by atoms with E-state index >= 15 is 0 Å². The van der Waals surface area contributed by atoms with Gasteiger partial charge in [-0.15, -0.1) is 0 Å². The first-order valence-corrected chi connectivity index (χ1v) is 9.52. The molecular weight excluding hydrogens is 264 g/mol. The topological polar surface area (TPSA) is 0 Å². The molecule has 0 saturated carbocycles.